The molecule has 0 radical (unpaired) electrons. The lowest BCUT2D eigenvalue weighted by molar-refractivity contribution is 0.0974. The van der Waals surface area contributed by atoms with Gasteiger partial charge in [-0.3, -0.25) is 4.79 Å². The van der Waals surface area contributed by atoms with Crippen LogP contribution in [0.1, 0.15) is 24.4 Å². The molecule has 96 valence electrons. The highest BCUT2D eigenvalue weighted by atomic mass is 16.5. The number of ether oxygens (including phenoxy) is 1. The summed E-state index contributed by atoms with van der Waals surface area (Å²) in [5.41, 5.74) is 5.97. The molecule has 4 heteroatoms. The number of methoxy groups -OCH3 is 1. The molecule has 0 saturated heterocycles. The van der Waals surface area contributed by atoms with Crippen LogP contribution in [0, 0.1) is 0 Å². The molecule has 0 fully saturated rings. The molecule has 0 saturated carbocycles. The smallest absolute Gasteiger partial charge is 0.284 e. The van der Waals surface area contributed by atoms with Crippen molar-refractivity contribution < 1.29 is 13.9 Å². The summed E-state index contributed by atoms with van der Waals surface area (Å²) in [6, 6.07) is 10.6. The minimum Gasteiger partial charge on any atom is -0.497 e. The Kier molecular flexibility index (Phi) is 4.99. The maximum Gasteiger partial charge on any atom is 0.284 e. The number of hydrogen-bond donors (Lipinski definition) is 1. The molecule has 4 nitrogen and oxygen atoms in total. The van der Waals surface area contributed by atoms with E-state index in [-0.39, 0.29) is 5.76 Å². The predicted octanol–water partition coefficient (Wildman–Crippen LogP) is 3.08. The zero-order valence-corrected chi connectivity index (χ0v) is 10.8. The molecule has 1 aromatic carbocycles. The number of primary amides is 1. The molecule has 1 aromatic heterocycles. The minimum atomic E-state index is -0.570. The second-order valence-corrected chi connectivity index (χ2v) is 3.26. The van der Waals surface area contributed by atoms with Gasteiger partial charge in [-0.25, -0.2) is 0 Å². The molecule has 1 amide bonds. The van der Waals surface area contributed by atoms with Crippen LogP contribution in [-0.2, 0) is 0 Å². The van der Waals surface area contributed by atoms with Gasteiger partial charge >= 0.3 is 0 Å². The zero-order valence-electron chi connectivity index (χ0n) is 10.8. The first-order chi connectivity index (χ1) is 8.70. The van der Waals surface area contributed by atoms with E-state index in [0.29, 0.717) is 5.76 Å². The number of hydrogen-bond acceptors (Lipinski definition) is 3. The van der Waals surface area contributed by atoms with Gasteiger partial charge in [0.05, 0.1) is 7.11 Å². The van der Waals surface area contributed by atoms with Crippen LogP contribution in [0.3, 0.4) is 0 Å². The van der Waals surface area contributed by atoms with Crippen molar-refractivity contribution in [3.05, 3.63) is 42.2 Å². The van der Waals surface area contributed by atoms with Gasteiger partial charge in [0.2, 0.25) is 0 Å². The summed E-state index contributed by atoms with van der Waals surface area (Å²) < 4.78 is 10.3. The van der Waals surface area contributed by atoms with E-state index in [4.69, 9.17) is 14.9 Å². The summed E-state index contributed by atoms with van der Waals surface area (Å²) >= 11 is 0. The predicted molar refractivity (Wildman–Crippen MR) is 70.6 cm³/mol. The number of nitrogens with two attached hydrogens (primary N) is 1. The molecule has 0 atom stereocenters. The fourth-order valence-electron chi connectivity index (χ4n) is 1.38. The van der Waals surface area contributed by atoms with E-state index in [1.807, 2.05) is 38.1 Å². The average molecular weight is 247 g/mol. The summed E-state index contributed by atoms with van der Waals surface area (Å²) in [5, 5.41) is 0. The standard InChI is InChI=1S/C12H11NO3.C2H6/c1-15-9-4-2-8(3-5-9)10-6-7-11(16-10)12(13)14;1-2/h2-7H,1H3,(H2,13,14);1-2H3. The van der Waals surface area contributed by atoms with E-state index in [1.165, 1.54) is 0 Å². The molecule has 0 aliphatic carbocycles. The third-order valence-corrected chi connectivity index (χ3v) is 2.22. The molecule has 0 aliphatic heterocycles. The monoisotopic (exact) mass is 247 g/mol. The van der Waals surface area contributed by atoms with Crippen LogP contribution >= 0.6 is 0 Å². The number of rotatable bonds is 3. The van der Waals surface area contributed by atoms with E-state index < -0.39 is 5.91 Å². The van der Waals surface area contributed by atoms with Crippen molar-refractivity contribution >= 4 is 5.91 Å². The lowest BCUT2D eigenvalue weighted by Gasteiger charge is -2.00. The first-order valence-corrected chi connectivity index (χ1v) is 5.75. The molecule has 2 aromatic rings. The largest absolute Gasteiger partial charge is 0.497 e. The van der Waals surface area contributed by atoms with Crippen molar-refractivity contribution in [2.75, 3.05) is 7.11 Å². The average Bonchev–Trinajstić information content (AvgIpc) is 2.91. The molecule has 0 spiro atoms. The Balaban J connectivity index is 0.000000771. The van der Waals surface area contributed by atoms with Gasteiger partial charge in [0.25, 0.3) is 5.91 Å². The summed E-state index contributed by atoms with van der Waals surface area (Å²) in [5.74, 6) is 0.965. The van der Waals surface area contributed by atoms with Crippen LogP contribution in [0.5, 0.6) is 5.75 Å². The fraction of sp³-hybridized carbons (Fsp3) is 0.214. The first-order valence-electron chi connectivity index (χ1n) is 5.75. The Labute approximate surface area is 106 Å². The van der Waals surface area contributed by atoms with Crippen LogP contribution in [-0.4, -0.2) is 13.0 Å². The van der Waals surface area contributed by atoms with Crippen molar-refractivity contribution in [1.82, 2.24) is 0 Å². The molecular formula is C14H17NO3. The highest BCUT2D eigenvalue weighted by Crippen LogP contribution is 2.24. The molecule has 2 rings (SSSR count). The van der Waals surface area contributed by atoms with Gasteiger partial charge in [-0.05, 0) is 36.4 Å². The zero-order chi connectivity index (χ0) is 13.5. The molecule has 0 bridgehead atoms. The van der Waals surface area contributed by atoms with Gasteiger partial charge < -0.3 is 14.9 Å². The van der Waals surface area contributed by atoms with Gasteiger partial charge in [-0.1, -0.05) is 13.8 Å². The maximum atomic E-state index is 10.9. The summed E-state index contributed by atoms with van der Waals surface area (Å²) in [6.07, 6.45) is 0. The van der Waals surface area contributed by atoms with Crippen LogP contribution in [0.2, 0.25) is 0 Å². The maximum absolute atomic E-state index is 10.9. The Morgan fingerprint density at radius 3 is 2.17 bits per heavy atom. The van der Waals surface area contributed by atoms with Gasteiger partial charge in [0, 0.05) is 5.56 Å². The normalized spacial score (nSPS) is 9.28. The van der Waals surface area contributed by atoms with Crippen molar-refractivity contribution in [3.63, 3.8) is 0 Å². The Bertz CT molecular complexity index is 500. The van der Waals surface area contributed by atoms with Crippen LogP contribution < -0.4 is 10.5 Å². The number of carbonyl (C=O) groups is 1. The second-order valence-electron chi connectivity index (χ2n) is 3.26. The molecule has 0 aliphatic rings. The van der Waals surface area contributed by atoms with E-state index >= 15 is 0 Å². The second kappa shape index (κ2) is 6.49. The summed E-state index contributed by atoms with van der Waals surface area (Å²) in [4.78, 5) is 10.9. The minimum absolute atomic E-state index is 0.158. The molecule has 0 unspecified atom stereocenters. The van der Waals surface area contributed by atoms with E-state index in [2.05, 4.69) is 0 Å². The van der Waals surface area contributed by atoms with Crippen molar-refractivity contribution in [3.8, 4) is 17.1 Å². The van der Waals surface area contributed by atoms with E-state index in [1.54, 1.807) is 19.2 Å². The Morgan fingerprint density at radius 1 is 1.11 bits per heavy atom. The summed E-state index contributed by atoms with van der Waals surface area (Å²) in [6.45, 7) is 4.00. The van der Waals surface area contributed by atoms with Gasteiger partial charge in [0.1, 0.15) is 11.5 Å². The van der Waals surface area contributed by atoms with Gasteiger partial charge in [-0.15, -0.1) is 0 Å². The lowest BCUT2D eigenvalue weighted by Crippen LogP contribution is -2.09. The lowest BCUT2D eigenvalue weighted by atomic mass is 10.2. The molecule has 18 heavy (non-hydrogen) atoms. The number of amides is 1. The first kappa shape index (κ1) is 13.8. The Hall–Kier alpha value is -2.23. The fourth-order valence-corrected chi connectivity index (χ4v) is 1.38. The van der Waals surface area contributed by atoms with E-state index in [0.717, 1.165) is 11.3 Å². The topological polar surface area (TPSA) is 65.5 Å². The van der Waals surface area contributed by atoms with Crippen LogP contribution in [0.4, 0.5) is 0 Å². The number of benzene rings is 1. The van der Waals surface area contributed by atoms with Gasteiger partial charge in [-0.2, -0.15) is 0 Å². The van der Waals surface area contributed by atoms with Crippen molar-refractivity contribution in [2.24, 2.45) is 5.73 Å². The van der Waals surface area contributed by atoms with Crippen LogP contribution in [0.25, 0.3) is 11.3 Å². The van der Waals surface area contributed by atoms with Crippen molar-refractivity contribution in [1.29, 1.82) is 0 Å². The van der Waals surface area contributed by atoms with Gasteiger partial charge in [0.15, 0.2) is 5.76 Å². The van der Waals surface area contributed by atoms with Crippen molar-refractivity contribution in [2.45, 2.75) is 13.8 Å². The SMILES string of the molecule is CC.COc1ccc(-c2ccc(C(N)=O)o2)cc1. The third kappa shape index (κ3) is 3.13. The molecular weight excluding hydrogens is 230 g/mol. The summed E-state index contributed by atoms with van der Waals surface area (Å²) in [7, 11) is 1.60. The van der Waals surface area contributed by atoms with Crippen LogP contribution in [0.15, 0.2) is 40.8 Å². The quantitative estimate of drug-likeness (QED) is 0.906. The highest BCUT2D eigenvalue weighted by molar-refractivity contribution is 5.90. The number of carbonyl (C=O) groups excluding carboxylic acids is 1. The highest BCUT2D eigenvalue weighted by Gasteiger charge is 2.08. The molecule has 2 N–H and O–H groups in total. The van der Waals surface area contributed by atoms with E-state index in [9.17, 15) is 4.79 Å². The molecule has 1 heterocycles. The third-order valence-electron chi connectivity index (χ3n) is 2.22. The number of furan rings is 1. The Morgan fingerprint density at radius 2 is 1.72 bits per heavy atom.